The van der Waals surface area contributed by atoms with E-state index in [-0.39, 0.29) is 5.69 Å². The number of ether oxygens (including phenoxy) is 1. The van der Waals surface area contributed by atoms with Crippen LogP contribution in [0.4, 0.5) is 5.69 Å². The van der Waals surface area contributed by atoms with E-state index in [1.165, 1.54) is 13.2 Å². The predicted molar refractivity (Wildman–Crippen MR) is 59.4 cm³/mol. The number of alkyl halides is 1. The van der Waals surface area contributed by atoms with Gasteiger partial charge in [-0.2, -0.15) is 0 Å². The molecule has 0 saturated heterocycles. The third-order valence-electron chi connectivity index (χ3n) is 1.82. The number of methoxy groups -OCH3 is 1. The van der Waals surface area contributed by atoms with Crippen LogP contribution < -0.4 is 4.74 Å². The second-order valence-electron chi connectivity index (χ2n) is 2.74. The van der Waals surface area contributed by atoms with Gasteiger partial charge in [0.15, 0.2) is 0 Å². The maximum Gasteiger partial charge on any atom is 0.280 e. The minimum atomic E-state index is -0.448. The van der Waals surface area contributed by atoms with Gasteiger partial charge in [-0.25, -0.2) is 0 Å². The lowest BCUT2D eigenvalue weighted by Crippen LogP contribution is -1.93. The normalized spacial score (nSPS) is 10.5. The average molecular weight is 228 g/mol. The van der Waals surface area contributed by atoms with Gasteiger partial charge < -0.3 is 4.74 Å². The Bertz CT molecular complexity index is 390. The highest BCUT2D eigenvalue weighted by atomic mass is 35.5. The van der Waals surface area contributed by atoms with E-state index in [4.69, 9.17) is 16.3 Å². The Kier molecular flexibility index (Phi) is 4.12. The molecular formula is C10H10ClNO3. The third kappa shape index (κ3) is 2.95. The highest BCUT2D eigenvalue weighted by Crippen LogP contribution is 2.25. The molecule has 1 aromatic rings. The fourth-order valence-corrected chi connectivity index (χ4v) is 1.21. The van der Waals surface area contributed by atoms with E-state index >= 15 is 0 Å². The summed E-state index contributed by atoms with van der Waals surface area (Å²) in [6.45, 7) is 0. The molecule has 5 heteroatoms. The Morgan fingerprint density at radius 1 is 1.60 bits per heavy atom. The van der Waals surface area contributed by atoms with E-state index in [1.54, 1.807) is 24.3 Å². The van der Waals surface area contributed by atoms with Crippen molar-refractivity contribution < 1.29 is 9.66 Å². The largest absolute Gasteiger partial charge is 0.497 e. The monoisotopic (exact) mass is 227 g/mol. The first-order valence-corrected chi connectivity index (χ1v) is 4.77. The van der Waals surface area contributed by atoms with Crippen LogP contribution in [-0.4, -0.2) is 17.9 Å². The van der Waals surface area contributed by atoms with Gasteiger partial charge in [0.05, 0.1) is 23.7 Å². The molecule has 0 aromatic heterocycles. The molecule has 0 heterocycles. The van der Waals surface area contributed by atoms with E-state index < -0.39 is 4.92 Å². The molecule has 0 bridgehead atoms. The molecule has 0 aliphatic rings. The third-order valence-corrected chi connectivity index (χ3v) is 2.00. The van der Waals surface area contributed by atoms with Crippen LogP contribution in [0, 0.1) is 10.1 Å². The van der Waals surface area contributed by atoms with Crippen LogP contribution in [-0.2, 0) is 0 Å². The lowest BCUT2D eigenvalue weighted by molar-refractivity contribution is -0.385. The van der Waals surface area contributed by atoms with Crippen LogP contribution in [0.15, 0.2) is 24.3 Å². The summed E-state index contributed by atoms with van der Waals surface area (Å²) in [5, 5.41) is 10.7. The van der Waals surface area contributed by atoms with Crippen molar-refractivity contribution in [3.63, 3.8) is 0 Å². The number of hydrogen-bond donors (Lipinski definition) is 0. The first-order chi connectivity index (χ1) is 7.19. The van der Waals surface area contributed by atoms with Gasteiger partial charge in [0, 0.05) is 5.88 Å². The van der Waals surface area contributed by atoms with E-state index in [0.717, 1.165) is 0 Å². The Balaban J connectivity index is 3.15. The molecule has 0 atom stereocenters. The summed E-state index contributed by atoms with van der Waals surface area (Å²) in [4.78, 5) is 10.3. The molecule has 0 unspecified atom stereocenters. The van der Waals surface area contributed by atoms with Crippen LogP contribution in [0.1, 0.15) is 5.56 Å². The van der Waals surface area contributed by atoms with Gasteiger partial charge in [-0.3, -0.25) is 10.1 Å². The zero-order valence-corrected chi connectivity index (χ0v) is 8.90. The highest BCUT2D eigenvalue weighted by molar-refractivity contribution is 6.19. The topological polar surface area (TPSA) is 52.4 Å². The summed E-state index contributed by atoms with van der Waals surface area (Å²) < 4.78 is 4.91. The Hall–Kier alpha value is -1.55. The number of rotatable bonds is 4. The van der Waals surface area contributed by atoms with E-state index in [1.807, 2.05) is 0 Å². The molecule has 0 aliphatic heterocycles. The van der Waals surface area contributed by atoms with Gasteiger partial charge in [0.2, 0.25) is 0 Å². The van der Waals surface area contributed by atoms with Crippen LogP contribution in [0.3, 0.4) is 0 Å². The summed E-state index contributed by atoms with van der Waals surface area (Å²) in [5.74, 6) is 0.785. The number of allylic oxidation sites excluding steroid dienone is 1. The summed E-state index contributed by atoms with van der Waals surface area (Å²) in [6, 6.07) is 4.68. The van der Waals surface area contributed by atoms with Crippen LogP contribution in [0.25, 0.3) is 6.08 Å². The van der Waals surface area contributed by atoms with Crippen molar-refractivity contribution in [2.24, 2.45) is 0 Å². The summed E-state index contributed by atoms with van der Waals surface area (Å²) in [6.07, 6.45) is 3.26. The molecular weight excluding hydrogens is 218 g/mol. The standard InChI is InChI=1S/C10H10ClNO3/c1-15-9-5-4-8(3-2-6-11)10(7-9)12(13)14/h2-5,7H,6H2,1H3. The van der Waals surface area contributed by atoms with Crippen LogP contribution >= 0.6 is 11.6 Å². The number of nitro groups is 1. The quantitative estimate of drug-likeness (QED) is 0.452. The van der Waals surface area contributed by atoms with Crippen LogP contribution in [0.5, 0.6) is 5.75 Å². The van der Waals surface area contributed by atoms with Gasteiger partial charge in [0.25, 0.3) is 5.69 Å². The lowest BCUT2D eigenvalue weighted by Gasteiger charge is -2.01. The highest BCUT2D eigenvalue weighted by Gasteiger charge is 2.12. The van der Waals surface area contributed by atoms with E-state index in [2.05, 4.69) is 0 Å². The zero-order chi connectivity index (χ0) is 11.3. The molecule has 0 radical (unpaired) electrons. The molecule has 1 aromatic carbocycles. The average Bonchev–Trinajstić information content (AvgIpc) is 2.26. The van der Waals surface area contributed by atoms with Crippen molar-refractivity contribution in [2.75, 3.05) is 13.0 Å². The number of halogens is 1. The molecule has 0 saturated carbocycles. The minimum absolute atomic E-state index is 0.00992. The summed E-state index contributed by atoms with van der Waals surface area (Å²) >= 11 is 5.46. The fourth-order valence-electron chi connectivity index (χ4n) is 1.12. The second-order valence-corrected chi connectivity index (χ2v) is 3.05. The maximum absolute atomic E-state index is 10.7. The van der Waals surface area contributed by atoms with Crippen molar-refractivity contribution in [1.29, 1.82) is 0 Å². The summed E-state index contributed by atoms with van der Waals surface area (Å²) in [7, 11) is 1.47. The molecule has 4 nitrogen and oxygen atoms in total. The molecule has 0 amide bonds. The Labute approximate surface area is 92.3 Å². The molecule has 15 heavy (non-hydrogen) atoms. The first kappa shape index (κ1) is 11.5. The SMILES string of the molecule is COc1ccc(C=CCCl)c([N+](=O)[O-])c1. The van der Waals surface area contributed by atoms with Crippen molar-refractivity contribution in [1.82, 2.24) is 0 Å². The first-order valence-electron chi connectivity index (χ1n) is 4.24. The van der Waals surface area contributed by atoms with Gasteiger partial charge in [0.1, 0.15) is 5.75 Å². The predicted octanol–water partition coefficient (Wildman–Crippen LogP) is 2.86. The molecule has 0 fully saturated rings. The second kappa shape index (κ2) is 5.36. The van der Waals surface area contributed by atoms with Gasteiger partial charge in [-0.05, 0) is 12.1 Å². The fraction of sp³-hybridized carbons (Fsp3) is 0.200. The molecule has 1 rings (SSSR count). The van der Waals surface area contributed by atoms with Gasteiger partial charge >= 0.3 is 0 Å². The molecule has 0 spiro atoms. The molecule has 80 valence electrons. The summed E-state index contributed by atoms with van der Waals surface area (Å²) in [5.41, 5.74) is 0.525. The zero-order valence-electron chi connectivity index (χ0n) is 8.14. The Morgan fingerprint density at radius 3 is 2.87 bits per heavy atom. The number of nitrogens with zero attached hydrogens (tertiary/aromatic N) is 1. The van der Waals surface area contributed by atoms with E-state index in [9.17, 15) is 10.1 Å². The molecule has 0 aliphatic carbocycles. The lowest BCUT2D eigenvalue weighted by atomic mass is 10.1. The van der Waals surface area contributed by atoms with E-state index in [0.29, 0.717) is 17.2 Å². The van der Waals surface area contributed by atoms with Crippen molar-refractivity contribution in [3.05, 3.63) is 40.0 Å². The molecule has 0 N–H and O–H groups in total. The van der Waals surface area contributed by atoms with Gasteiger partial charge in [-0.15, -0.1) is 11.6 Å². The number of nitro benzene ring substituents is 1. The number of benzene rings is 1. The maximum atomic E-state index is 10.7. The smallest absolute Gasteiger partial charge is 0.280 e. The Morgan fingerprint density at radius 2 is 2.33 bits per heavy atom. The minimum Gasteiger partial charge on any atom is -0.497 e. The van der Waals surface area contributed by atoms with Gasteiger partial charge in [-0.1, -0.05) is 12.2 Å². The van der Waals surface area contributed by atoms with Crippen molar-refractivity contribution in [3.8, 4) is 5.75 Å². The van der Waals surface area contributed by atoms with Crippen molar-refractivity contribution in [2.45, 2.75) is 0 Å². The van der Waals surface area contributed by atoms with Crippen molar-refractivity contribution >= 4 is 23.4 Å². The number of hydrogen-bond acceptors (Lipinski definition) is 3. The van der Waals surface area contributed by atoms with Crippen LogP contribution in [0.2, 0.25) is 0 Å².